The maximum atomic E-state index is 13.2. The predicted octanol–water partition coefficient (Wildman–Crippen LogP) is 4.64. The van der Waals surface area contributed by atoms with Crippen molar-refractivity contribution in [3.63, 3.8) is 0 Å². The van der Waals surface area contributed by atoms with Crippen molar-refractivity contribution in [2.45, 2.75) is 39.7 Å². The molecule has 0 radical (unpaired) electrons. The lowest BCUT2D eigenvalue weighted by Crippen LogP contribution is -2.33. The summed E-state index contributed by atoms with van der Waals surface area (Å²) in [6.45, 7) is 9.88. The van der Waals surface area contributed by atoms with Crippen molar-refractivity contribution in [1.29, 1.82) is 0 Å². The Hall–Kier alpha value is -3.32. The maximum absolute atomic E-state index is 13.2. The molecule has 0 aromatic heterocycles. The third kappa shape index (κ3) is 6.03. The lowest BCUT2D eigenvalue weighted by molar-refractivity contribution is -0.140. The second-order valence-electron chi connectivity index (χ2n) is 8.52. The number of carbonyl (C=O) groups is 2. The van der Waals surface area contributed by atoms with Crippen molar-refractivity contribution in [2.24, 2.45) is 0 Å². The molecular formula is C28H36N2O5. The molecule has 1 saturated heterocycles. The van der Waals surface area contributed by atoms with Gasteiger partial charge in [0.15, 0.2) is 0 Å². The standard InChI is InChI=1S/C28H36N2O5/c1-5-18-35-23-11-8-10-21(19-23)25-24(26(31)20-12-14-22(34-4)15-13-20)27(32)28(33)30(25)17-9-16-29(6-2)7-3/h8,10-15,19,25,31H,5-7,9,16-18H2,1-4H3/t25-/m1/s1. The molecule has 35 heavy (non-hydrogen) atoms. The van der Waals surface area contributed by atoms with Crippen molar-refractivity contribution >= 4 is 17.4 Å². The minimum absolute atomic E-state index is 0.0932. The first-order valence-electron chi connectivity index (χ1n) is 12.3. The second kappa shape index (κ2) is 12.4. The minimum atomic E-state index is -0.695. The molecule has 0 unspecified atom stereocenters. The average molecular weight is 481 g/mol. The van der Waals surface area contributed by atoms with E-state index in [1.165, 1.54) is 0 Å². The number of aliphatic hydroxyl groups excluding tert-OH is 1. The number of benzene rings is 2. The smallest absolute Gasteiger partial charge is 0.295 e. The SMILES string of the molecule is CCCOc1cccc([C@@H]2C(=C(O)c3ccc(OC)cc3)C(=O)C(=O)N2CCCN(CC)CC)c1. The van der Waals surface area contributed by atoms with Crippen LogP contribution in [0.5, 0.6) is 11.5 Å². The Labute approximate surface area is 207 Å². The number of amides is 1. The largest absolute Gasteiger partial charge is 0.507 e. The lowest BCUT2D eigenvalue weighted by Gasteiger charge is -2.27. The highest BCUT2D eigenvalue weighted by molar-refractivity contribution is 6.46. The number of nitrogens with zero attached hydrogens (tertiary/aromatic N) is 2. The number of aliphatic hydroxyl groups is 1. The highest BCUT2D eigenvalue weighted by atomic mass is 16.5. The van der Waals surface area contributed by atoms with Crippen molar-refractivity contribution in [1.82, 2.24) is 9.80 Å². The Morgan fingerprint density at radius 3 is 2.37 bits per heavy atom. The zero-order valence-corrected chi connectivity index (χ0v) is 21.1. The van der Waals surface area contributed by atoms with Crippen molar-refractivity contribution in [2.75, 3.05) is 39.9 Å². The number of rotatable bonds is 12. The monoisotopic (exact) mass is 480 g/mol. The molecule has 1 amide bonds. The van der Waals surface area contributed by atoms with Gasteiger partial charge in [0.05, 0.1) is 25.3 Å². The first-order chi connectivity index (χ1) is 16.9. The number of ether oxygens (including phenoxy) is 2. The van der Waals surface area contributed by atoms with E-state index in [0.29, 0.717) is 30.2 Å². The number of ketones is 1. The van der Waals surface area contributed by atoms with Crippen LogP contribution >= 0.6 is 0 Å². The van der Waals surface area contributed by atoms with Crippen LogP contribution in [0.3, 0.4) is 0 Å². The summed E-state index contributed by atoms with van der Waals surface area (Å²) in [5.74, 6) is -0.157. The molecular weight excluding hydrogens is 444 g/mol. The minimum Gasteiger partial charge on any atom is -0.507 e. The van der Waals surface area contributed by atoms with E-state index in [0.717, 1.165) is 38.0 Å². The number of likely N-dealkylation sites (tertiary alicyclic amines) is 1. The van der Waals surface area contributed by atoms with Crippen LogP contribution in [0.25, 0.3) is 5.76 Å². The Morgan fingerprint density at radius 1 is 1.03 bits per heavy atom. The molecule has 0 bridgehead atoms. The van der Waals surface area contributed by atoms with Crippen LogP contribution in [0.1, 0.15) is 50.8 Å². The van der Waals surface area contributed by atoms with E-state index in [1.807, 2.05) is 31.2 Å². The topological polar surface area (TPSA) is 79.3 Å². The molecule has 1 N–H and O–H groups in total. The van der Waals surface area contributed by atoms with Gasteiger partial charge in [-0.1, -0.05) is 32.9 Å². The Bertz CT molecular complexity index is 1040. The van der Waals surface area contributed by atoms with E-state index >= 15 is 0 Å². The molecule has 1 aliphatic rings. The van der Waals surface area contributed by atoms with E-state index < -0.39 is 17.7 Å². The number of hydrogen-bond acceptors (Lipinski definition) is 6. The Kier molecular flexibility index (Phi) is 9.32. The predicted molar refractivity (Wildman–Crippen MR) is 137 cm³/mol. The molecule has 0 saturated carbocycles. The molecule has 0 spiro atoms. The molecule has 1 heterocycles. The van der Waals surface area contributed by atoms with E-state index in [2.05, 4.69) is 18.7 Å². The summed E-state index contributed by atoms with van der Waals surface area (Å²) >= 11 is 0. The molecule has 7 heteroatoms. The molecule has 1 aliphatic heterocycles. The first-order valence-corrected chi connectivity index (χ1v) is 12.3. The van der Waals surface area contributed by atoms with Crippen LogP contribution in [0, 0.1) is 0 Å². The van der Waals surface area contributed by atoms with Crippen LogP contribution in [-0.2, 0) is 9.59 Å². The van der Waals surface area contributed by atoms with Crippen molar-refractivity contribution < 1.29 is 24.2 Å². The molecule has 1 fully saturated rings. The summed E-state index contributed by atoms with van der Waals surface area (Å²) < 4.78 is 11.0. The number of hydrogen-bond donors (Lipinski definition) is 1. The normalized spacial score (nSPS) is 17.3. The van der Waals surface area contributed by atoms with Gasteiger partial charge in [-0.05, 0) is 74.4 Å². The molecule has 1 atom stereocenters. The highest BCUT2D eigenvalue weighted by Gasteiger charge is 2.45. The van der Waals surface area contributed by atoms with Gasteiger partial charge in [-0.15, -0.1) is 0 Å². The quantitative estimate of drug-likeness (QED) is 0.271. The van der Waals surface area contributed by atoms with Crippen LogP contribution in [0.2, 0.25) is 0 Å². The zero-order valence-electron chi connectivity index (χ0n) is 21.1. The van der Waals surface area contributed by atoms with Gasteiger partial charge in [0.1, 0.15) is 17.3 Å². The summed E-state index contributed by atoms with van der Waals surface area (Å²) in [5.41, 5.74) is 1.28. The summed E-state index contributed by atoms with van der Waals surface area (Å²) in [4.78, 5) is 30.3. The van der Waals surface area contributed by atoms with Gasteiger partial charge in [0.25, 0.3) is 11.7 Å². The van der Waals surface area contributed by atoms with Crippen LogP contribution in [0.15, 0.2) is 54.1 Å². The van der Waals surface area contributed by atoms with Gasteiger partial charge in [-0.25, -0.2) is 0 Å². The lowest BCUT2D eigenvalue weighted by atomic mass is 9.95. The number of Topliss-reactive ketones (excluding diaryl/α,β-unsaturated/α-hetero) is 1. The molecule has 2 aromatic rings. The number of methoxy groups -OCH3 is 1. The van der Waals surface area contributed by atoms with Gasteiger partial charge < -0.3 is 24.4 Å². The van der Waals surface area contributed by atoms with E-state index in [9.17, 15) is 14.7 Å². The third-order valence-electron chi connectivity index (χ3n) is 6.32. The third-order valence-corrected chi connectivity index (χ3v) is 6.32. The molecule has 2 aromatic carbocycles. The molecule has 0 aliphatic carbocycles. The van der Waals surface area contributed by atoms with Gasteiger partial charge in [0.2, 0.25) is 0 Å². The summed E-state index contributed by atoms with van der Waals surface area (Å²) in [7, 11) is 1.56. The summed E-state index contributed by atoms with van der Waals surface area (Å²) in [5, 5.41) is 11.2. The zero-order chi connectivity index (χ0) is 25.4. The van der Waals surface area contributed by atoms with Crippen molar-refractivity contribution in [3.05, 3.63) is 65.2 Å². The molecule has 3 rings (SSSR count). The Balaban J connectivity index is 2.03. The van der Waals surface area contributed by atoms with Crippen LogP contribution in [0.4, 0.5) is 0 Å². The molecule has 7 nitrogen and oxygen atoms in total. The fourth-order valence-corrected chi connectivity index (χ4v) is 4.36. The average Bonchev–Trinajstić information content (AvgIpc) is 3.14. The maximum Gasteiger partial charge on any atom is 0.295 e. The van der Waals surface area contributed by atoms with E-state index in [4.69, 9.17) is 9.47 Å². The molecule has 188 valence electrons. The first kappa shape index (κ1) is 26.3. The second-order valence-corrected chi connectivity index (χ2v) is 8.52. The Morgan fingerprint density at radius 2 is 1.74 bits per heavy atom. The fourth-order valence-electron chi connectivity index (χ4n) is 4.36. The van der Waals surface area contributed by atoms with Gasteiger partial charge in [-0.3, -0.25) is 9.59 Å². The number of carbonyl (C=O) groups excluding carboxylic acids is 2. The summed E-state index contributed by atoms with van der Waals surface area (Å²) in [6, 6.07) is 13.5. The highest BCUT2D eigenvalue weighted by Crippen LogP contribution is 2.40. The van der Waals surface area contributed by atoms with Crippen LogP contribution in [-0.4, -0.2) is 66.5 Å². The fraction of sp³-hybridized carbons (Fsp3) is 0.429. The van der Waals surface area contributed by atoms with Gasteiger partial charge >= 0.3 is 0 Å². The van der Waals surface area contributed by atoms with Crippen molar-refractivity contribution in [3.8, 4) is 11.5 Å². The summed E-state index contributed by atoms with van der Waals surface area (Å²) in [6.07, 6.45) is 1.59. The van der Waals surface area contributed by atoms with Gasteiger partial charge in [0, 0.05) is 12.1 Å². The van der Waals surface area contributed by atoms with E-state index in [1.54, 1.807) is 36.3 Å². The van der Waals surface area contributed by atoms with Gasteiger partial charge in [-0.2, -0.15) is 0 Å². The van der Waals surface area contributed by atoms with E-state index in [-0.39, 0.29) is 11.3 Å². The van der Waals surface area contributed by atoms with Crippen LogP contribution < -0.4 is 9.47 Å².